The lowest BCUT2D eigenvalue weighted by atomic mass is 10.1. The van der Waals surface area contributed by atoms with Crippen LogP contribution < -0.4 is 4.74 Å². The topological polar surface area (TPSA) is 27.7 Å². The van der Waals surface area contributed by atoms with Crippen molar-refractivity contribution in [2.75, 3.05) is 12.4 Å². The van der Waals surface area contributed by atoms with Gasteiger partial charge in [-0.1, -0.05) is 15.9 Å². The third-order valence-corrected chi connectivity index (χ3v) is 3.02. The van der Waals surface area contributed by atoms with E-state index < -0.39 is 5.79 Å². The summed E-state index contributed by atoms with van der Waals surface area (Å²) in [6, 6.07) is 7.61. The van der Waals surface area contributed by atoms with Crippen molar-refractivity contribution in [3.05, 3.63) is 42.4 Å². The molecule has 0 saturated carbocycles. The Labute approximate surface area is 96.8 Å². The largest absolute Gasteiger partial charge is 0.497 e. The van der Waals surface area contributed by atoms with Gasteiger partial charge in [-0.15, -0.1) is 0 Å². The molecule has 0 unspecified atom stereocenters. The monoisotopic (exact) mass is 270 g/mol. The standard InChI is InChI=1S/C11H11BrO3/c1-13-10-4-2-9(3-5-10)11(8-12)14-6-7-15-11/h2-7H,8H2,1H3. The van der Waals surface area contributed by atoms with E-state index in [-0.39, 0.29) is 0 Å². The first-order valence-corrected chi connectivity index (χ1v) is 5.64. The number of hydrogen-bond acceptors (Lipinski definition) is 3. The molecule has 0 fully saturated rings. The van der Waals surface area contributed by atoms with E-state index in [1.165, 1.54) is 0 Å². The Morgan fingerprint density at radius 2 is 1.80 bits per heavy atom. The van der Waals surface area contributed by atoms with E-state index in [1.54, 1.807) is 19.6 Å². The van der Waals surface area contributed by atoms with Crippen LogP contribution in [0.2, 0.25) is 0 Å². The second-order valence-electron chi connectivity index (χ2n) is 3.12. The van der Waals surface area contributed by atoms with E-state index in [0.717, 1.165) is 11.3 Å². The minimum absolute atomic E-state index is 0.569. The Hall–Kier alpha value is -1.16. The molecule has 0 spiro atoms. The summed E-state index contributed by atoms with van der Waals surface area (Å²) in [5.74, 6) is 0.0844. The number of benzene rings is 1. The highest BCUT2D eigenvalue weighted by molar-refractivity contribution is 9.09. The van der Waals surface area contributed by atoms with E-state index in [9.17, 15) is 0 Å². The number of rotatable bonds is 3. The van der Waals surface area contributed by atoms with E-state index in [4.69, 9.17) is 14.2 Å². The van der Waals surface area contributed by atoms with Gasteiger partial charge in [0, 0.05) is 5.56 Å². The van der Waals surface area contributed by atoms with Gasteiger partial charge in [0.05, 0.1) is 12.4 Å². The van der Waals surface area contributed by atoms with Crippen LogP contribution in [0.5, 0.6) is 5.75 Å². The summed E-state index contributed by atoms with van der Waals surface area (Å²) in [5, 5.41) is 0.569. The summed E-state index contributed by atoms with van der Waals surface area (Å²) in [4.78, 5) is 0. The molecule has 4 heteroatoms. The van der Waals surface area contributed by atoms with Crippen LogP contribution in [-0.2, 0) is 15.3 Å². The molecule has 2 rings (SSSR count). The summed E-state index contributed by atoms with van der Waals surface area (Å²) < 4.78 is 16.0. The minimum atomic E-state index is -0.730. The summed E-state index contributed by atoms with van der Waals surface area (Å²) >= 11 is 3.38. The highest BCUT2D eigenvalue weighted by Crippen LogP contribution is 2.34. The average molecular weight is 271 g/mol. The predicted octanol–water partition coefficient (Wildman–Crippen LogP) is 2.76. The van der Waals surface area contributed by atoms with E-state index in [1.807, 2.05) is 24.3 Å². The van der Waals surface area contributed by atoms with Crippen molar-refractivity contribution in [1.29, 1.82) is 0 Å². The number of ether oxygens (including phenoxy) is 3. The van der Waals surface area contributed by atoms with Gasteiger partial charge in [-0.25, -0.2) is 0 Å². The van der Waals surface area contributed by atoms with Crippen LogP contribution in [0.3, 0.4) is 0 Å². The molecule has 80 valence electrons. The van der Waals surface area contributed by atoms with Crippen LogP contribution in [0, 0.1) is 0 Å². The maximum atomic E-state index is 5.46. The Morgan fingerprint density at radius 3 is 2.27 bits per heavy atom. The van der Waals surface area contributed by atoms with Crippen molar-refractivity contribution in [3.8, 4) is 5.75 Å². The average Bonchev–Trinajstić information content (AvgIpc) is 2.79. The lowest BCUT2D eigenvalue weighted by Gasteiger charge is -2.25. The van der Waals surface area contributed by atoms with Gasteiger partial charge in [0.25, 0.3) is 5.79 Å². The van der Waals surface area contributed by atoms with E-state index in [2.05, 4.69) is 15.9 Å². The predicted molar refractivity (Wildman–Crippen MR) is 59.8 cm³/mol. The molecule has 1 aromatic carbocycles. The Morgan fingerprint density at radius 1 is 1.20 bits per heavy atom. The molecular formula is C11H11BrO3. The van der Waals surface area contributed by atoms with Crippen LogP contribution in [0.15, 0.2) is 36.8 Å². The van der Waals surface area contributed by atoms with Gasteiger partial charge in [-0.2, -0.15) is 0 Å². The van der Waals surface area contributed by atoms with Gasteiger partial charge in [0.2, 0.25) is 0 Å². The number of halogens is 1. The van der Waals surface area contributed by atoms with Crippen molar-refractivity contribution < 1.29 is 14.2 Å². The minimum Gasteiger partial charge on any atom is -0.497 e. The normalized spacial score (nSPS) is 16.9. The Bertz CT molecular complexity index is 351. The Balaban J connectivity index is 2.27. The van der Waals surface area contributed by atoms with Gasteiger partial charge < -0.3 is 14.2 Å². The summed E-state index contributed by atoms with van der Waals surface area (Å²) in [6.07, 6.45) is 3.09. The molecule has 0 N–H and O–H groups in total. The molecule has 1 aromatic rings. The highest BCUT2D eigenvalue weighted by atomic mass is 79.9. The smallest absolute Gasteiger partial charge is 0.286 e. The second-order valence-corrected chi connectivity index (χ2v) is 3.68. The number of alkyl halides is 1. The van der Waals surface area contributed by atoms with Gasteiger partial charge in [0.15, 0.2) is 0 Å². The molecule has 1 aliphatic rings. The molecular weight excluding hydrogens is 260 g/mol. The van der Waals surface area contributed by atoms with Crippen LogP contribution >= 0.6 is 15.9 Å². The third kappa shape index (κ3) is 1.81. The lowest BCUT2D eigenvalue weighted by molar-refractivity contribution is -0.127. The molecule has 1 aliphatic heterocycles. The SMILES string of the molecule is COc1ccc(C2(CBr)OC=CO2)cc1. The quantitative estimate of drug-likeness (QED) is 0.791. The van der Waals surface area contributed by atoms with Gasteiger partial charge >= 0.3 is 0 Å². The first kappa shape index (κ1) is 10.4. The Kier molecular flexibility index (Phi) is 2.86. The maximum absolute atomic E-state index is 5.46. The molecule has 1 heterocycles. The highest BCUT2D eigenvalue weighted by Gasteiger charge is 2.36. The lowest BCUT2D eigenvalue weighted by Crippen LogP contribution is -2.28. The fourth-order valence-electron chi connectivity index (χ4n) is 1.42. The number of hydrogen-bond donors (Lipinski definition) is 0. The van der Waals surface area contributed by atoms with Crippen LogP contribution in [0.1, 0.15) is 5.56 Å². The zero-order chi connectivity index (χ0) is 10.7. The maximum Gasteiger partial charge on any atom is 0.286 e. The molecule has 0 amide bonds. The summed E-state index contributed by atoms with van der Waals surface area (Å²) in [7, 11) is 1.64. The molecule has 0 radical (unpaired) electrons. The first-order chi connectivity index (χ1) is 7.30. The van der Waals surface area contributed by atoms with Crippen LogP contribution in [-0.4, -0.2) is 12.4 Å². The van der Waals surface area contributed by atoms with Crippen LogP contribution in [0.25, 0.3) is 0 Å². The molecule has 15 heavy (non-hydrogen) atoms. The molecule has 0 aromatic heterocycles. The zero-order valence-corrected chi connectivity index (χ0v) is 9.86. The molecule has 0 saturated heterocycles. The van der Waals surface area contributed by atoms with Gasteiger partial charge in [-0.05, 0) is 24.3 Å². The first-order valence-electron chi connectivity index (χ1n) is 4.52. The van der Waals surface area contributed by atoms with Crippen LogP contribution in [0.4, 0.5) is 0 Å². The van der Waals surface area contributed by atoms with E-state index >= 15 is 0 Å². The van der Waals surface area contributed by atoms with Crippen molar-refractivity contribution in [2.24, 2.45) is 0 Å². The van der Waals surface area contributed by atoms with Crippen molar-refractivity contribution in [1.82, 2.24) is 0 Å². The van der Waals surface area contributed by atoms with Gasteiger partial charge in [-0.3, -0.25) is 0 Å². The zero-order valence-electron chi connectivity index (χ0n) is 8.27. The third-order valence-electron chi connectivity index (χ3n) is 2.28. The summed E-state index contributed by atoms with van der Waals surface area (Å²) in [6.45, 7) is 0. The van der Waals surface area contributed by atoms with E-state index in [0.29, 0.717) is 5.33 Å². The van der Waals surface area contributed by atoms with Crippen molar-refractivity contribution >= 4 is 15.9 Å². The molecule has 3 nitrogen and oxygen atoms in total. The van der Waals surface area contributed by atoms with Crippen molar-refractivity contribution in [2.45, 2.75) is 5.79 Å². The van der Waals surface area contributed by atoms with Gasteiger partial charge in [0.1, 0.15) is 18.3 Å². The molecule has 0 bridgehead atoms. The summed E-state index contributed by atoms with van der Waals surface area (Å²) in [5.41, 5.74) is 0.949. The molecule has 0 aliphatic carbocycles. The molecule has 0 atom stereocenters. The number of methoxy groups -OCH3 is 1. The fraction of sp³-hybridized carbons (Fsp3) is 0.273. The second kappa shape index (κ2) is 4.14. The van der Waals surface area contributed by atoms with Crippen molar-refractivity contribution in [3.63, 3.8) is 0 Å². The fourth-order valence-corrected chi connectivity index (χ4v) is 2.01.